The predicted octanol–water partition coefficient (Wildman–Crippen LogP) is 3.21. The molecule has 3 heteroatoms. The summed E-state index contributed by atoms with van der Waals surface area (Å²) in [5, 5.41) is 9.52. The molecule has 1 saturated carbocycles. The average molecular weight is 248 g/mol. The SMILES string of the molecule is O=C(O)C1(c2ccc3c(c2F)CCC3)CCCC1. The molecule has 3 rings (SSSR count). The van der Waals surface area contributed by atoms with Crippen molar-refractivity contribution >= 4 is 5.97 Å². The van der Waals surface area contributed by atoms with E-state index in [9.17, 15) is 14.3 Å². The summed E-state index contributed by atoms with van der Waals surface area (Å²) in [7, 11) is 0. The van der Waals surface area contributed by atoms with Crippen molar-refractivity contribution in [3.63, 3.8) is 0 Å². The highest BCUT2D eigenvalue weighted by molar-refractivity contribution is 5.82. The van der Waals surface area contributed by atoms with Gasteiger partial charge in [-0.3, -0.25) is 4.79 Å². The number of rotatable bonds is 2. The van der Waals surface area contributed by atoms with Gasteiger partial charge in [0.15, 0.2) is 0 Å². The van der Waals surface area contributed by atoms with E-state index in [4.69, 9.17) is 0 Å². The van der Waals surface area contributed by atoms with Gasteiger partial charge in [-0.25, -0.2) is 4.39 Å². The maximum atomic E-state index is 14.6. The van der Waals surface area contributed by atoms with E-state index in [1.807, 2.05) is 6.07 Å². The summed E-state index contributed by atoms with van der Waals surface area (Å²) >= 11 is 0. The molecule has 0 unspecified atom stereocenters. The molecule has 1 aromatic rings. The maximum Gasteiger partial charge on any atom is 0.314 e. The van der Waals surface area contributed by atoms with Crippen LogP contribution in [-0.2, 0) is 23.1 Å². The third-order valence-corrected chi connectivity index (χ3v) is 4.60. The van der Waals surface area contributed by atoms with Gasteiger partial charge in [0.1, 0.15) is 5.82 Å². The molecule has 2 aliphatic rings. The van der Waals surface area contributed by atoms with Crippen LogP contribution < -0.4 is 0 Å². The fourth-order valence-corrected chi connectivity index (χ4v) is 3.57. The summed E-state index contributed by atoms with van der Waals surface area (Å²) in [5.41, 5.74) is 1.28. The minimum Gasteiger partial charge on any atom is -0.481 e. The van der Waals surface area contributed by atoms with E-state index in [0.717, 1.165) is 43.2 Å². The van der Waals surface area contributed by atoms with Crippen molar-refractivity contribution in [3.8, 4) is 0 Å². The molecule has 0 spiro atoms. The second kappa shape index (κ2) is 4.08. The molecule has 0 amide bonds. The van der Waals surface area contributed by atoms with Crippen LogP contribution >= 0.6 is 0 Å². The first-order valence-corrected chi connectivity index (χ1v) is 6.69. The lowest BCUT2D eigenvalue weighted by atomic mass is 9.77. The first kappa shape index (κ1) is 11.7. The Morgan fingerprint density at radius 3 is 2.56 bits per heavy atom. The zero-order valence-corrected chi connectivity index (χ0v) is 10.3. The number of fused-ring (bicyclic) bond motifs is 1. The van der Waals surface area contributed by atoms with Crippen LogP contribution in [0.3, 0.4) is 0 Å². The normalized spacial score (nSPS) is 20.9. The van der Waals surface area contributed by atoms with Gasteiger partial charge in [0.05, 0.1) is 5.41 Å². The molecule has 2 aliphatic carbocycles. The molecule has 0 heterocycles. The monoisotopic (exact) mass is 248 g/mol. The first-order chi connectivity index (χ1) is 8.65. The van der Waals surface area contributed by atoms with Crippen molar-refractivity contribution in [2.24, 2.45) is 0 Å². The third kappa shape index (κ3) is 1.49. The van der Waals surface area contributed by atoms with E-state index < -0.39 is 11.4 Å². The van der Waals surface area contributed by atoms with E-state index >= 15 is 0 Å². The summed E-state index contributed by atoms with van der Waals surface area (Å²) in [4.78, 5) is 11.6. The number of carboxylic acid groups (broad SMARTS) is 1. The fourth-order valence-electron chi connectivity index (χ4n) is 3.57. The highest BCUT2D eigenvalue weighted by atomic mass is 19.1. The summed E-state index contributed by atoms with van der Waals surface area (Å²) in [6.07, 6.45) is 5.55. The van der Waals surface area contributed by atoms with Crippen LogP contribution in [0.2, 0.25) is 0 Å². The molecule has 0 aromatic heterocycles. The van der Waals surface area contributed by atoms with Gasteiger partial charge in [-0.2, -0.15) is 0 Å². The number of benzene rings is 1. The Kier molecular flexibility index (Phi) is 2.65. The number of carbonyl (C=O) groups is 1. The van der Waals surface area contributed by atoms with Gasteiger partial charge >= 0.3 is 5.97 Å². The number of hydrogen-bond acceptors (Lipinski definition) is 1. The lowest BCUT2D eigenvalue weighted by Gasteiger charge is -2.25. The van der Waals surface area contributed by atoms with Gasteiger partial charge in [0.2, 0.25) is 0 Å². The van der Waals surface area contributed by atoms with Gasteiger partial charge < -0.3 is 5.11 Å². The van der Waals surface area contributed by atoms with Crippen LogP contribution in [0.5, 0.6) is 0 Å². The third-order valence-electron chi connectivity index (χ3n) is 4.60. The van der Waals surface area contributed by atoms with Gasteiger partial charge in [0.25, 0.3) is 0 Å². The van der Waals surface area contributed by atoms with E-state index in [2.05, 4.69) is 0 Å². The van der Waals surface area contributed by atoms with Crippen LogP contribution in [0, 0.1) is 5.82 Å². The number of aliphatic carboxylic acids is 1. The molecule has 96 valence electrons. The van der Waals surface area contributed by atoms with Crippen molar-refractivity contribution < 1.29 is 14.3 Å². The Bertz CT molecular complexity index is 501. The molecule has 0 bridgehead atoms. The number of hydrogen-bond donors (Lipinski definition) is 1. The topological polar surface area (TPSA) is 37.3 Å². The summed E-state index contributed by atoms with van der Waals surface area (Å²) in [6.45, 7) is 0. The Morgan fingerprint density at radius 1 is 1.17 bits per heavy atom. The summed E-state index contributed by atoms with van der Waals surface area (Å²) in [6, 6.07) is 3.66. The van der Waals surface area contributed by atoms with Crippen molar-refractivity contribution in [1.29, 1.82) is 0 Å². The molecule has 1 aromatic carbocycles. The van der Waals surface area contributed by atoms with Gasteiger partial charge in [0, 0.05) is 5.56 Å². The van der Waals surface area contributed by atoms with Crippen LogP contribution in [0.25, 0.3) is 0 Å². The second-order valence-electron chi connectivity index (χ2n) is 5.51. The van der Waals surface area contributed by atoms with E-state index in [-0.39, 0.29) is 5.82 Å². The highest BCUT2D eigenvalue weighted by Crippen LogP contribution is 2.44. The average Bonchev–Trinajstić information content (AvgIpc) is 2.98. The second-order valence-corrected chi connectivity index (χ2v) is 5.51. The molecular weight excluding hydrogens is 231 g/mol. The summed E-state index contributed by atoms with van der Waals surface area (Å²) < 4.78 is 14.6. The van der Waals surface area contributed by atoms with Crippen molar-refractivity contribution in [2.45, 2.75) is 50.4 Å². The molecular formula is C15H17FO2. The number of carboxylic acids is 1. The summed E-state index contributed by atoms with van der Waals surface area (Å²) in [5.74, 6) is -1.11. The van der Waals surface area contributed by atoms with Gasteiger partial charge in [-0.1, -0.05) is 25.0 Å². The lowest BCUT2D eigenvalue weighted by molar-refractivity contribution is -0.143. The Hall–Kier alpha value is -1.38. The minimum atomic E-state index is -0.971. The van der Waals surface area contributed by atoms with E-state index in [1.54, 1.807) is 6.07 Å². The fraction of sp³-hybridized carbons (Fsp3) is 0.533. The largest absolute Gasteiger partial charge is 0.481 e. The Balaban J connectivity index is 2.14. The number of aryl methyl sites for hydroxylation is 1. The van der Waals surface area contributed by atoms with Crippen LogP contribution in [0.1, 0.15) is 48.8 Å². The van der Waals surface area contributed by atoms with Gasteiger partial charge in [-0.05, 0) is 43.2 Å². The van der Waals surface area contributed by atoms with Crippen molar-refractivity contribution in [3.05, 3.63) is 34.6 Å². The smallest absolute Gasteiger partial charge is 0.314 e. The Morgan fingerprint density at radius 2 is 1.89 bits per heavy atom. The molecule has 0 atom stereocenters. The van der Waals surface area contributed by atoms with Crippen LogP contribution in [0.4, 0.5) is 4.39 Å². The molecule has 18 heavy (non-hydrogen) atoms. The lowest BCUT2D eigenvalue weighted by Crippen LogP contribution is -2.34. The van der Waals surface area contributed by atoms with Crippen LogP contribution in [0.15, 0.2) is 12.1 Å². The standard InChI is InChI=1S/C15H17FO2/c16-13-11-5-3-4-10(11)6-7-12(13)15(14(17)18)8-1-2-9-15/h6-7H,1-5,8-9H2,(H,17,18). The first-order valence-electron chi connectivity index (χ1n) is 6.69. The number of halogens is 1. The van der Waals surface area contributed by atoms with Crippen LogP contribution in [-0.4, -0.2) is 11.1 Å². The minimum absolute atomic E-state index is 0.241. The molecule has 2 nitrogen and oxygen atoms in total. The zero-order chi connectivity index (χ0) is 12.8. The maximum absolute atomic E-state index is 14.6. The highest BCUT2D eigenvalue weighted by Gasteiger charge is 2.45. The molecule has 1 fully saturated rings. The molecule has 0 radical (unpaired) electrons. The zero-order valence-electron chi connectivity index (χ0n) is 10.3. The van der Waals surface area contributed by atoms with E-state index in [0.29, 0.717) is 18.4 Å². The van der Waals surface area contributed by atoms with E-state index in [1.165, 1.54) is 0 Å². The Labute approximate surface area is 106 Å². The molecule has 0 saturated heterocycles. The quantitative estimate of drug-likeness (QED) is 0.872. The molecule has 0 aliphatic heterocycles. The molecule has 1 N–H and O–H groups in total. The van der Waals surface area contributed by atoms with Gasteiger partial charge in [-0.15, -0.1) is 0 Å². The van der Waals surface area contributed by atoms with Crippen molar-refractivity contribution in [2.75, 3.05) is 0 Å². The predicted molar refractivity (Wildman–Crippen MR) is 66.2 cm³/mol. The van der Waals surface area contributed by atoms with Crippen molar-refractivity contribution in [1.82, 2.24) is 0 Å².